The number of ether oxygens (including phenoxy) is 1. The molecule has 2 atom stereocenters. The number of hydrogen-bond acceptors (Lipinski definition) is 3. The molecule has 2 aromatic rings. The quantitative estimate of drug-likeness (QED) is 0.906. The molecule has 1 aliphatic heterocycles. The number of nitrogens with zero attached hydrogens (tertiary/aromatic N) is 1. The molecule has 0 spiro atoms. The van der Waals surface area contributed by atoms with Crippen LogP contribution in [-0.2, 0) is 9.59 Å². The molecule has 1 heterocycles. The molecule has 1 N–H and O–H groups in total. The molecule has 0 bridgehead atoms. The first-order chi connectivity index (χ1) is 12.0. The van der Waals surface area contributed by atoms with Gasteiger partial charge in [-0.3, -0.25) is 9.59 Å². The lowest BCUT2D eigenvalue weighted by Gasteiger charge is -2.17. The van der Waals surface area contributed by atoms with E-state index in [-0.39, 0.29) is 25.6 Å². The fourth-order valence-corrected chi connectivity index (χ4v) is 3.09. The zero-order valence-electron chi connectivity index (χ0n) is 13.5. The maximum atomic E-state index is 13.5. The summed E-state index contributed by atoms with van der Waals surface area (Å²) < 4.78 is 18.9. The van der Waals surface area contributed by atoms with Crippen molar-refractivity contribution in [2.45, 2.75) is 5.92 Å². The smallest absolute Gasteiger partial charge is 0.308 e. The van der Waals surface area contributed by atoms with Gasteiger partial charge in [-0.1, -0.05) is 30.3 Å². The first kappa shape index (κ1) is 17.0. The first-order valence-electron chi connectivity index (χ1n) is 7.98. The van der Waals surface area contributed by atoms with Gasteiger partial charge in [0.15, 0.2) is 6.61 Å². The molecule has 1 amide bonds. The van der Waals surface area contributed by atoms with E-state index >= 15 is 0 Å². The van der Waals surface area contributed by atoms with Crippen LogP contribution in [0.2, 0.25) is 0 Å². The summed E-state index contributed by atoms with van der Waals surface area (Å²) in [6.45, 7) is 0.164. The van der Waals surface area contributed by atoms with E-state index in [9.17, 15) is 19.1 Å². The molecule has 1 saturated heterocycles. The maximum Gasteiger partial charge on any atom is 0.308 e. The third-order valence-corrected chi connectivity index (χ3v) is 4.37. The van der Waals surface area contributed by atoms with E-state index in [0.717, 1.165) is 0 Å². The zero-order chi connectivity index (χ0) is 17.8. The molecule has 25 heavy (non-hydrogen) atoms. The molecular weight excluding hydrogens is 325 g/mol. The molecule has 1 aliphatic rings. The van der Waals surface area contributed by atoms with Crippen LogP contribution in [0.3, 0.4) is 0 Å². The number of carboxylic acids is 1. The second-order valence-electron chi connectivity index (χ2n) is 6.01. The Balaban J connectivity index is 1.69. The van der Waals surface area contributed by atoms with E-state index in [4.69, 9.17) is 4.74 Å². The van der Waals surface area contributed by atoms with Gasteiger partial charge in [0.05, 0.1) is 5.92 Å². The van der Waals surface area contributed by atoms with Crippen molar-refractivity contribution in [3.8, 4) is 5.75 Å². The standard InChI is InChI=1S/C19H18FNO4/c20-14-6-4-5-13(9-14)16-10-21(11-17(16)19(23)24)18(22)12-25-15-7-2-1-3-8-15/h1-9,16-17H,10-12H2,(H,23,24)/t16-,17+/m0/s1. The van der Waals surface area contributed by atoms with Crippen molar-refractivity contribution in [3.05, 3.63) is 66.0 Å². The van der Waals surface area contributed by atoms with Gasteiger partial charge in [-0.25, -0.2) is 4.39 Å². The molecule has 0 aromatic heterocycles. The number of benzene rings is 2. The highest BCUT2D eigenvalue weighted by Gasteiger charge is 2.40. The molecule has 0 saturated carbocycles. The Kier molecular flexibility index (Phi) is 4.97. The minimum absolute atomic E-state index is 0.0908. The monoisotopic (exact) mass is 343 g/mol. The van der Waals surface area contributed by atoms with E-state index < -0.39 is 23.6 Å². The molecule has 0 unspecified atom stereocenters. The van der Waals surface area contributed by atoms with Crippen LogP contribution in [-0.4, -0.2) is 41.6 Å². The molecule has 0 radical (unpaired) electrons. The van der Waals surface area contributed by atoms with Crippen LogP contribution >= 0.6 is 0 Å². The van der Waals surface area contributed by atoms with Crippen LogP contribution in [0.4, 0.5) is 4.39 Å². The molecule has 6 heteroatoms. The zero-order valence-corrected chi connectivity index (χ0v) is 13.5. The van der Waals surface area contributed by atoms with Crippen molar-refractivity contribution >= 4 is 11.9 Å². The number of aliphatic carboxylic acids is 1. The number of carboxylic acid groups (broad SMARTS) is 1. The largest absolute Gasteiger partial charge is 0.484 e. The summed E-state index contributed by atoms with van der Waals surface area (Å²) in [4.78, 5) is 25.4. The Hall–Kier alpha value is -2.89. The first-order valence-corrected chi connectivity index (χ1v) is 7.98. The molecule has 5 nitrogen and oxygen atoms in total. The SMILES string of the molecule is O=C(O)[C@@H]1CN(C(=O)COc2ccccc2)C[C@H]1c1cccc(F)c1. The Morgan fingerprint density at radius 3 is 2.56 bits per heavy atom. The van der Waals surface area contributed by atoms with Crippen LogP contribution in [0, 0.1) is 11.7 Å². The fourth-order valence-electron chi connectivity index (χ4n) is 3.09. The molecule has 130 valence electrons. The van der Waals surface area contributed by atoms with Gasteiger partial charge >= 0.3 is 5.97 Å². The van der Waals surface area contributed by atoms with Crippen LogP contribution in [0.25, 0.3) is 0 Å². The number of hydrogen-bond donors (Lipinski definition) is 1. The summed E-state index contributed by atoms with van der Waals surface area (Å²) in [7, 11) is 0. The Labute approximate surface area is 144 Å². The summed E-state index contributed by atoms with van der Waals surface area (Å²) in [5.74, 6) is -2.32. The van der Waals surface area contributed by atoms with Gasteiger partial charge in [0.25, 0.3) is 5.91 Å². The van der Waals surface area contributed by atoms with E-state index in [1.807, 2.05) is 6.07 Å². The lowest BCUT2D eigenvalue weighted by molar-refractivity contribution is -0.142. The highest BCUT2D eigenvalue weighted by Crippen LogP contribution is 2.33. The molecule has 1 fully saturated rings. The van der Waals surface area contributed by atoms with Crippen molar-refractivity contribution in [1.82, 2.24) is 4.90 Å². The van der Waals surface area contributed by atoms with Gasteiger partial charge in [0.1, 0.15) is 11.6 Å². The van der Waals surface area contributed by atoms with Crippen LogP contribution in [0.1, 0.15) is 11.5 Å². The minimum Gasteiger partial charge on any atom is -0.484 e. The molecule has 2 aromatic carbocycles. The van der Waals surface area contributed by atoms with E-state index in [0.29, 0.717) is 11.3 Å². The number of carbonyl (C=O) groups excluding carboxylic acids is 1. The average molecular weight is 343 g/mol. The van der Waals surface area contributed by atoms with Gasteiger partial charge in [0.2, 0.25) is 0 Å². The van der Waals surface area contributed by atoms with Gasteiger partial charge in [0, 0.05) is 19.0 Å². The molecule has 0 aliphatic carbocycles. The van der Waals surface area contributed by atoms with Gasteiger partial charge < -0.3 is 14.7 Å². The summed E-state index contributed by atoms with van der Waals surface area (Å²) in [6, 6.07) is 14.8. The van der Waals surface area contributed by atoms with E-state index in [1.54, 1.807) is 36.4 Å². The highest BCUT2D eigenvalue weighted by atomic mass is 19.1. The number of likely N-dealkylation sites (tertiary alicyclic amines) is 1. The van der Waals surface area contributed by atoms with E-state index in [1.165, 1.54) is 17.0 Å². The predicted octanol–water partition coefficient (Wildman–Crippen LogP) is 2.53. The van der Waals surface area contributed by atoms with Crippen molar-refractivity contribution in [2.24, 2.45) is 5.92 Å². The number of carbonyl (C=O) groups is 2. The second kappa shape index (κ2) is 7.34. The topological polar surface area (TPSA) is 66.8 Å². The second-order valence-corrected chi connectivity index (χ2v) is 6.01. The Morgan fingerprint density at radius 1 is 1.12 bits per heavy atom. The third-order valence-electron chi connectivity index (χ3n) is 4.37. The van der Waals surface area contributed by atoms with Crippen molar-refractivity contribution in [3.63, 3.8) is 0 Å². The predicted molar refractivity (Wildman–Crippen MR) is 88.8 cm³/mol. The number of para-hydroxylation sites is 1. The molecule has 3 rings (SSSR count). The Bertz CT molecular complexity index is 765. The summed E-state index contributed by atoms with van der Waals surface area (Å²) in [6.07, 6.45) is 0. The highest BCUT2D eigenvalue weighted by molar-refractivity contribution is 5.80. The number of amides is 1. The van der Waals surface area contributed by atoms with Gasteiger partial charge in [-0.15, -0.1) is 0 Å². The van der Waals surface area contributed by atoms with Gasteiger partial charge in [-0.05, 0) is 29.8 Å². The summed E-state index contributed by atoms with van der Waals surface area (Å²) in [5, 5.41) is 9.46. The van der Waals surface area contributed by atoms with Gasteiger partial charge in [-0.2, -0.15) is 0 Å². The van der Waals surface area contributed by atoms with Crippen molar-refractivity contribution < 1.29 is 23.8 Å². The van der Waals surface area contributed by atoms with Crippen LogP contribution < -0.4 is 4.74 Å². The number of rotatable bonds is 5. The van der Waals surface area contributed by atoms with Crippen LogP contribution in [0.5, 0.6) is 5.75 Å². The Morgan fingerprint density at radius 2 is 1.88 bits per heavy atom. The van der Waals surface area contributed by atoms with Crippen molar-refractivity contribution in [1.29, 1.82) is 0 Å². The average Bonchev–Trinajstić information content (AvgIpc) is 3.06. The lowest BCUT2D eigenvalue weighted by Crippen LogP contribution is -2.33. The molecular formula is C19H18FNO4. The summed E-state index contributed by atoms with van der Waals surface area (Å²) in [5.41, 5.74) is 0.590. The summed E-state index contributed by atoms with van der Waals surface area (Å²) >= 11 is 0. The third kappa shape index (κ3) is 3.96. The normalized spacial score (nSPS) is 19.6. The maximum absolute atomic E-state index is 13.5. The van der Waals surface area contributed by atoms with Crippen LogP contribution in [0.15, 0.2) is 54.6 Å². The minimum atomic E-state index is -0.992. The number of halogens is 1. The lowest BCUT2D eigenvalue weighted by atomic mass is 9.89. The van der Waals surface area contributed by atoms with E-state index in [2.05, 4.69) is 0 Å². The fraction of sp³-hybridized carbons (Fsp3) is 0.263. The van der Waals surface area contributed by atoms with Crippen molar-refractivity contribution in [2.75, 3.05) is 19.7 Å².